The Labute approximate surface area is 182 Å². The Balaban J connectivity index is 2.19. The normalized spacial score (nSPS) is 13.5. The fourth-order valence-corrected chi connectivity index (χ4v) is 6.23. The summed E-state index contributed by atoms with van der Waals surface area (Å²) in [7, 11) is -8.75. The number of primary sulfonamides is 1. The molecule has 4 aromatic rings. The molecular formula is C17H19N9O4S2. The Morgan fingerprint density at radius 1 is 1.09 bits per heavy atom. The summed E-state index contributed by atoms with van der Waals surface area (Å²) in [4.78, 5) is 5.99. The van der Waals surface area contributed by atoms with Gasteiger partial charge < -0.3 is 16.5 Å². The van der Waals surface area contributed by atoms with E-state index in [4.69, 9.17) is 16.6 Å². The van der Waals surface area contributed by atoms with Crippen LogP contribution in [0.1, 0.15) is 6.92 Å². The second-order valence-corrected chi connectivity index (χ2v) is 10.8. The van der Waals surface area contributed by atoms with E-state index in [1.54, 1.807) is 18.2 Å². The van der Waals surface area contributed by atoms with Crippen molar-refractivity contribution in [2.24, 2.45) is 10.9 Å². The molecule has 13 nitrogen and oxygen atoms in total. The van der Waals surface area contributed by atoms with E-state index in [9.17, 15) is 16.8 Å². The minimum absolute atomic E-state index is 0.138. The van der Waals surface area contributed by atoms with Gasteiger partial charge in [0.15, 0.2) is 15.8 Å². The van der Waals surface area contributed by atoms with Gasteiger partial charge in [-0.05, 0) is 29.8 Å². The first-order chi connectivity index (χ1) is 15.1. The summed E-state index contributed by atoms with van der Waals surface area (Å²) in [5.74, 6) is -0.0156. The highest BCUT2D eigenvalue weighted by Gasteiger charge is 2.34. The quantitative estimate of drug-likeness (QED) is 0.244. The van der Waals surface area contributed by atoms with E-state index in [-0.39, 0.29) is 29.4 Å². The van der Waals surface area contributed by atoms with Crippen molar-refractivity contribution in [3.05, 3.63) is 30.3 Å². The number of sulfone groups is 1. The number of nitrogens with one attached hydrogen (secondary N) is 2. The van der Waals surface area contributed by atoms with Gasteiger partial charge in [0, 0.05) is 12.1 Å². The lowest BCUT2D eigenvalue weighted by molar-refractivity contribution is 0.575. The zero-order chi connectivity index (χ0) is 23.3. The van der Waals surface area contributed by atoms with Gasteiger partial charge in [-0.25, -0.2) is 27.0 Å². The highest BCUT2D eigenvalue weighted by atomic mass is 32.2. The van der Waals surface area contributed by atoms with E-state index in [0.29, 0.717) is 16.6 Å². The molecule has 0 saturated heterocycles. The minimum atomic E-state index is -4.59. The SMILES string of the molecule is CC(CN)S(=O)(=O)c1ccc(-c2cccc3[nH]c(N)nc23)c(-c2nn[nH]n2)c1S(N)(=O)=O. The molecule has 1 atom stereocenters. The van der Waals surface area contributed by atoms with Gasteiger partial charge in [0.2, 0.25) is 15.8 Å². The molecule has 0 spiro atoms. The standard InChI is InChI=1S/C17H19N9O4S2/c1-8(7-18)31(27,28)12-6-5-9(10-3-2-4-11-14(10)22-17(19)21-11)13(15(12)32(20,29)30)16-23-25-26-24-16/h2-6,8H,7,18H2,1H3,(H3,19,21,22)(H2,20,29,30)(H,23,24,25,26). The number of hydrogen-bond acceptors (Lipinski definition) is 10. The number of nitrogen functional groups attached to an aromatic ring is 1. The van der Waals surface area contributed by atoms with Gasteiger partial charge >= 0.3 is 0 Å². The first kappa shape index (κ1) is 21.8. The molecule has 168 valence electrons. The number of sulfonamides is 1. The lowest BCUT2D eigenvalue weighted by Gasteiger charge is -2.18. The van der Waals surface area contributed by atoms with Crippen molar-refractivity contribution < 1.29 is 16.8 Å². The number of benzene rings is 2. The molecule has 0 aliphatic rings. The topological polar surface area (TPSA) is 229 Å². The summed E-state index contributed by atoms with van der Waals surface area (Å²) in [6, 6.07) is 7.72. The van der Waals surface area contributed by atoms with Gasteiger partial charge in [0.05, 0.1) is 26.7 Å². The predicted octanol–water partition coefficient (Wildman–Crippen LogP) is -0.239. The average molecular weight is 478 g/mol. The summed E-state index contributed by atoms with van der Waals surface area (Å²) in [6.45, 7) is 1.15. The molecule has 0 aliphatic carbocycles. The van der Waals surface area contributed by atoms with Gasteiger partial charge in [-0.2, -0.15) is 5.21 Å². The second kappa shape index (κ2) is 7.63. The Kier molecular flexibility index (Phi) is 5.20. The summed E-state index contributed by atoms with van der Waals surface area (Å²) in [5.41, 5.74) is 12.9. The Hall–Kier alpha value is -3.40. The number of tetrazole rings is 1. The molecule has 4 rings (SSSR count). The van der Waals surface area contributed by atoms with Crippen LogP contribution in [0.3, 0.4) is 0 Å². The number of nitrogens with two attached hydrogens (primary N) is 3. The van der Waals surface area contributed by atoms with Crippen LogP contribution in [0.15, 0.2) is 40.1 Å². The molecule has 0 amide bonds. The zero-order valence-corrected chi connectivity index (χ0v) is 18.3. The van der Waals surface area contributed by atoms with Crippen molar-refractivity contribution in [3.63, 3.8) is 0 Å². The lowest BCUT2D eigenvalue weighted by atomic mass is 9.98. The number of hydrogen-bond donors (Lipinski definition) is 5. The number of para-hydroxylation sites is 1. The Morgan fingerprint density at radius 3 is 2.47 bits per heavy atom. The molecule has 15 heteroatoms. The number of anilines is 1. The molecule has 1 unspecified atom stereocenters. The van der Waals surface area contributed by atoms with Gasteiger partial charge in [0.1, 0.15) is 4.90 Å². The number of aromatic amines is 2. The molecule has 0 bridgehead atoms. The van der Waals surface area contributed by atoms with Crippen LogP contribution in [-0.4, -0.2) is 59.2 Å². The number of H-pyrrole nitrogens is 2. The van der Waals surface area contributed by atoms with Crippen molar-refractivity contribution in [3.8, 4) is 22.5 Å². The fraction of sp³-hybridized carbons (Fsp3) is 0.176. The molecular weight excluding hydrogens is 458 g/mol. The minimum Gasteiger partial charge on any atom is -0.369 e. The summed E-state index contributed by atoms with van der Waals surface area (Å²) in [6.07, 6.45) is 0. The molecule has 2 aromatic heterocycles. The van der Waals surface area contributed by atoms with Crippen LogP contribution in [0.5, 0.6) is 0 Å². The van der Waals surface area contributed by atoms with Crippen molar-refractivity contribution >= 4 is 36.8 Å². The average Bonchev–Trinajstić information content (AvgIpc) is 3.39. The third kappa shape index (κ3) is 3.50. The number of imidazole rings is 1. The Morgan fingerprint density at radius 2 is 1.84 bits per heavy atom. The van der Waals surface area contributed by atoms with Gasteiger partial charge in [-0.1, -0.05) is 18.2 Å². The monoisotopic (exact) mass is 477 g/mol. The molecule has 32 heavy (non-hydrogen) atoms. The maximum absolute atomic E-state index is 13.1. The molecule has 2 aromatic carbocycles. The van der Waals surface area contributed by atoms with Crippen LogP contribution in [0.2, 0.25) is 0 Å². The van der Waals surface area contributed by atoms with Crippen LogP contribution in [0, 0.1) is 0 Å². The third-order valence-corrected chi connectivity index (χ3v) is 8.29. The maximum atomic E-state index is 13.1. The third-order valence-electron chi connectivity index (χ3n) is 4.96. The first-order valence-corrected chi connectivity index (χ1v) is 12.3. The van der Waals surface area contributed by atoms with Crippen LogP contribution in [0.25, 0.3) is 33.5 Å². The predicted molar refractivity (Wildman–Crippen MR) is 116 cm³/mol. The van der Waals surface area contributed by atoms with E-state index in [0.717, 1.165) is 0 Å². The molecule has 8 N–H and O–H groups in total. The zero-order valence-electron chi connectivity index (χ0n) is 16.6. The number of rotatable bonds is 6. The number of fused-ring (bicyclic) bond motifs is 1. The molecule has 0 fully saturated rings. The van der Waals surface area contributed by atoms with Crippen LogP contribution in [0.4, 0.5) is 5.95 Å². The molecule has 2 heterocycles. The van der Waals surface area contributed by atoms with Crippen molar-refractivity contribution in [1.29, 1.82) is 0 Å². The van der Waals surface area contributed by atoms with Crippen molar-refractivity contribution in [1.82, 2.24) is 30.6 Å². The van der Waals surface area contributed by atoms with E-state index in [1.807, 2.05) is 0 Å². The van der Waals surface area contributed by atoms with E-state index < -0.39 is 34.9 Å². The Bertz CT molecular complexity index is 1530. The summed E-state index contributed by atoms with van der Waals surface area (Å²) in [5, 5.41) is 17.9. The van der Waals surface area contributed by atoms with E-state index in [2.05, 4.69) is 30.6 Å². The summed E-state index contributed by atoms with van der Waals surface area (Å²) >= 11 is 0. The molecule has 0 saturated carbocycles. The van der Waals surface area contributed by atoms with Gasteiger partial charge in [0.25, 0.3) is 0 Å². The fourth-order valence-electron chi connectivity index (χ4n) is 3.40. The lowest BCUT2D eigenvalue weighted by Crippen LogP contribution is -2.29. The van der Waals surface area contributed by atoms with Crippen molar-refractivity contribution in [2.45, 2.75) is 22.0 Å². The van der Waals surface area contributed by atoms with Gasteiger partial charge in [-0.15, -0.1) is 10.2 Å². The second-order valence-electron chi connectivity index (χ2n) is 7.01. The van der Waals surface area contributed by atoms with E-state index >= 15 is 0 Å². The van der Waals surface area contributed by atoms with Crippen molar-refractivity contribution in [2.75, 3.05) is 12.3 Å². The number of aromatic nitrogens is 6. The van der Waals surface area contributed by atoms with Crippen LogP contribution < -0.4 is 16.6 Å². The van der Waals surface area contributed by atoms with Crippen LogP contribution in [-0.2, 0) is 19.9 Å². The number of nitrogens with zero attached hydrogens (tertiary/aromatic N) is 4. The smallest absolute Gasteiger partial charge is 0.240 e. The summed E-state index contributed by atoms with van der Waals surface area (Å²) < 4.78 is 51.7. The molecule has 0 aliphatic heterocycles. The van der Waals surface area contributed by atoms with Crippen LogP contribution >= 0.6 is 0 Å². The highest BCUT2D eigenvalue weighted by molar-refractivity contribution is 7.94. The largest absolute Gasteiger partial charge is 0.369 e. The van der Waals surface area contributed by atoms with E-state index in [1.165, 1.54) is 19.1 Å². The first-order valence-electron chi connectivity index (χ1n) is 9.18. The van der Waals surface area contributed by atoms with Gasteiger partial charge in [-0.3, -0.25) is 0 Å². The highest BCUT2D eigenvalue weighted by Crippen LogP contribution is 2.41. The maximum Gasteiger partial charge on any atom is 0.240 e. The molecule has 0 radical (unpaired) electrons.